The number of amides is 1. The van der Waals surface area contributed by atoms with Crippen molar-refractivity contribution < 1.29 is 4.79 Å². The molecule has 4 heteroatoms. The van der Waals surface area contributed by atoms with E-state index >= 15 is 0 Å². The molecule has 0 bridgehead atoms. The molecule has 2 fully saturated rings. The van der Waals surface area contributed by atoms with Gasteiger partial charge < -0.3 is 10.2 Å². The van der Waals surface area contributed by atoms with Crippen LogP contribution in [0.25, 0.3) is 0 Å². The molecule has 3 nitrogen and oxygen atoms in total. The third-order valence-electron chi connectivity index (χ3n) is 3.86. The Morgan fingerprint density at radius 1 is 1.31 bits per heavy atom. The van der Waals surface area contributed by atoms with Gasteiger partial charge in [0.15, 0.2) is 0 Å². The van der Waals surface area contributed by atoms with Crippen molar-refractivity contribution in [2.45, 2.75) is 32.6 Å². The van der Waals surface area contributed by atoms with Gasteiger partial charge in [-0.15, -0.1) is 12.4 Å². The summed E-state index contributed by atoms with van der Waals surface area (Å²) < 4.78 is 0. The normalized spacial score (nSPS) is 26.6. The predicted octanol–water partition coefficient (Wildman–Crippen LogP) is 1.67. The lowest BCUT2D eigenvalue weighted by Gasteiger charge is -2.26. The standard InChI is InChI=1S/C12H22N2O.ClH/c1-2-10-5-8-14(9-10)12(15)11-3-6-13-7-4-11;/h10-11,13H,2-9H2,1H3;1H. The van der Waals surface area contributed by atoms with Gasteiger partial charge in [-0.25, -0.2) is 0 Å². The Hall–Kier alpha value is -0.280. The molecule has 1 amide bonds. The fourth-order valence-electron chi connectivity index (χ4n) is 2.69. The average Bonchev–Trinajstić information content (AvgIpc) is 2.78. The minimum Gasteiger partial charge on any atom is -0.342 e. The van der Waals surface area contributed by atoms with Gasteiger partial charge in [-0.2, -0.15) is 0 Å². The quantitative estimate of drug-likeness (QED) is 0.804. The zero-order chi connectivity index (χ0) is 10.7. The van der Waals surface area contributed by atoms with Gasteiger partial charge in [0.25, 0.3) is 0 Å². The molecule has 2 rings (SSSR count). The highest BCUT2D eigenvalue weighted by atomic mass is 35.5. The monoisotopic (exact) mass is 246 g/mol. The first-order valence-corrected chi connectivity index (χ1v) is 6.30. The van der Waals surface area contributed by atoms with Crippen LogP contribution in [0.5, 0.6) is 0 Å². The molecule has 0 aromatic carbocycles. The third kappa shape index (κ3) is 3.11. The van der Waals surface area contributed by atoms with E-state index < -0.39 is 0 Å². The van der Waals surface area contributed by atoms with Crippen LogP contribution in [-0.2, 0) is 4.79 Å². The van der Waals surface area contributed by atoms with Gasteiger partial charge in [0.05, 0.1) is 0 Å². The van der Waals surface area contributed by atoms with E-state index in [1.54, 1.807) is 0 Å². The van der Waals surface area contributed by atoms with Crippen molar-refractivity contribution in [2.75, 3.05) is 26.2 Å². The van der Waals surface area contributed by atoms with Crippen LogP contribution in [0.4, 0.5) is 0 Å². The Kier molecular flexibility index (Phi) is 5.56. The van der Waals surface area contributed by atoms with E-state index in [0.717, 1.165) is 44.9 Å². The van der Waals surface area contributed by atoms with E-state index in [1.807, 2.05) is 0 Å². The molecule has 94 valence electrons. The zero-order valence-electron chi connectivity index (χ0n) is 10.1. The van der Waals surface area contributed by atoms with E-state index in [2.05, 4.69) is 17.1 Å². The first kappa shape index (κ1) is 13.8. The molecule has 2 saturated heterocycles. The lowest BCUT2D eigenvalue weighted by Crippen LogP contribution is -2.40. The summed E-state index contributed by atoms with van der Waals surface area (Å²) in [5.74, 6) is 1.49. The lowest BCUT2D eigenvalue weighted by molar-refractivity contribution is -0.135. The second-order valence-electron chi connectivity index (χ2n) is 4.87. The summed E-state index contributed by atoms with van der Waals surface area (Å²) in [7, 11) is 0. The summed E-state index contributed by atoms with van der Waals surface area (Å²) in [5, 5.41) is 3.31. The van der Waals surface area contributed by atoms with Gasteiger partial charge in [0.2, 0.25) is 5.91 Å². The van der Waals surface area contributed by atoms with Crippen molar-refractivity contribution in [1.82, 2.24) is 10.2 Å². The second kappa shape index (κ2) is 6.45. The van der Waals surface area contributed by atoms with E-state index in [9.17, 15) is 4.79 Å². The average molecular weight is 247 g/mol. The van der Waals surface area contributed by atoms with Crippen LogP contribution < -0.4 is 5.32 Å². The van der Waals surface area contributed by atoms with Gasteiger partial charge in [0, 0.05) is 19.0 Å². The highest BCUT2D eigenvalue weighted by molar-refractivity contribution is 5.85. The van der Waals surface area contributed by atoms with Crippen LogP contribution >= 0.6 is 12.4 Å². The van der Waals surface area contributed by atoms with Crippen LogP contribution in [0.15, 0.2) is 0 Å². The van der Waals surface area contributed by atoms with Crippen LogP contribution in [0, 0.1) is 11.8 Å². The fraction of sp³-hybridized carbons (Fsp3) is 0.917. The first-order chi connectivity index (χ1) is 7.31. The Morgan fingerprint density at radius 3 is 2.56 bits per heavy atom. The number of likely N-dealkylation sites (tertiary alicyclic amines) is 1. The molecule has 0 spiro atoms. The summed E-state index contributed by atoms with van der Waals surface area (Å²) >= 11 is 0. The number of halogens is 1. The summed E-state index contributed by atoms with van der Waals surface area (Å²) in [6, 6.07) is 0. The maximum absolute atomic E-state index is 12.2. The Labute approximate surface area is 104 Å². The predicted molar refractivity (Wildman–Crippen MR) is 67.8 cm³/mol. The largest absolute Gasteiger partial charge is 0.342 e. The molecule has 1 atom stereocenters. The molecular weight excluding hydrogens is 224 g/mol. The van der Waals surface area contributed by atoms with Gasteiger partial charge in [-0.1, -0.05) is 13.3 Å². The molecule has 0 aromatic heterocycles. The molecule has 16 heavy (non-hydrogen) atoms. The number of nitrogens with one attached hydrogen (secondary N) is 1. The maximum atomic E-state index is 12.2. The van der Waals surface area contributed by atoms with Crippen LogP contribution in [0.3, 0.4) is 0 Å². The van der Waals surface area contributed by atoms with E-state index in [-0.39, 0.29) is 12.4 Å². The molecule has 2 heterocycles. The summed E-state index contributed by atoms with van der Waals surface area (Å²) in [6.45, 7) is 6.27. The van der Waals surface area contributed by atoms with Gasteiger partial charge in [-0.05, 0) is 38.3 Å². The van der Waals surface area contributed by atoms with Gasteiger partial charge in [0.1, 0.15) is 0 Å². The van der Waals surface area contributed by atoms with Crippen molar-refractivity contribution in [1.29, 1.82) is 0 Å². The summed E-state index contributed by atoms with van der Waals surface area (Å²) in [5.41, 5.74) is 0. The number of carbonyl (C=O) groups excluding carboxylic acids is 1. The Bertz CT molecular complexity index is 229. The second-order valence-corrected chi connectivity index (χ2v) is 4.87. The van der Waals surface area contributed by atoms with Crippen molar-refractivity contribution in [3.05, 3.63) is 0 Å². The van der Waals surface area contributed by atoms with Crippen LogP contribution in [0.1, 0.15) is 32.6 Å². The van der Waals surface area contributed by atoms with E-state index in [4.69, 9.17) is 0 Å². The van der Waals surface area contributed by atoms with E-state index in [0.29, 0.717) is 11.8 Å². The van der Waals surface area contributed by atoms with Crippen LogP contribution in [0.2, 0.25) is 0 Å². The van der Waals surface area contributed by atoms with Crippen LogP contribution in [-0.4, -0.2) is 37.0 Å². The lowest BCUT2D eigenvalue weighted by atomic mass is 9.96. The smallest absolute Gasteiger partial charge is 0.225 e. The molecule has 1 N–H and O–H groups in total. The number of nitrogens with zero attached hydrogens (tertiary/aromatic N) is 1. The number of piperidine rings is 1. The first-order valence-electron chi connectivity index (χ1n) is 6.30. The van der Waals surface area contributed by atoms with E-state index in [1.165, 1.54) is 12.8 Å². The van der Waals surface area contributed by atoms with Gasteiger partial charge in [-0.3, -0.25) is 4.79 Å². The summed E-state index contributed by atoms with van der Waals surface area (Å²) in [4.78, 5) is 14.3. The highest BCUT2D eigenvalue weighted by Gasteiger charge is 2.30. The number of carbonyl (C=O) groups is 1. The number of hydrogen-bond acceptors (Lipinski definition) is 2. The Balaban J connectivity index is 0.00000128. The molecule has 0 radical (unpaired) electrons. The van der Waals surface area contributed by atoms with Gasteiger partial charge >= 0.3 is 0 Å². The molecule has 0 saturated carbocycles. The minimum absolute atomic E-state index is 0. The molecule has 2 aliphatic heterocycles. The molecule has 0 aromatic rings. The molecular formula is C12H23ClN2O. The van der Waals surface area contributed by atoms with Crippen molar-refractivity contribution in [3.63, 3.8) is 0 Å². The zero-order valence-corrected chi connectivity index (χ0v) is 10.9. The topological polar surface area (TPSA) is 32.3 Å². The third-order valence-corrected chi connectivity index (χ3v) is 3.86. The minimum atomic E-state index is 0. The molecule has 2 aliphatic rings. The molecule has 0 aliphatic carbocycles. The van der Waals surface area contributed by atoms with Crippen molar-refractivity contribution >= 4 is 18.3 Å². The van der Waals surface area contributed by atoms with Crippen molar-refractivity contribution in [3.8, 4) is 0 Å². The maximum Gasteiger partial charge on any atom is 0.225 e. The Morgan fingerprint density at radius 2 is 2.00 bits per heavy atom. The number of hydrogen-bond donors (Lipinski definition) is 1. The van der Waals surface area contributed by atoms with Crippen molar-refractivity contribution in [2.24, 2.45) is 11.8 Å². The number of rotatable bonds is 2. The highest BCUT2D eigenvalue weighted by Crippen LogP contribution is 2.23. The summed E-state index contributed by atoms with van der Waals surface area (Å²) in [6.07, 6.45) is 4.50. The SMILES string of the molecule is CCC1CCN(C(=O)C2CCNCC2)C1.Cl. The fourth-order valence-corrected chi connectivity index (χ4v) is 2.69. The molecule has 1 unspecified atom stereocenters.